The molecule has 0 bridgehead atoms. The molecular weight excluding hydrogens is 238 g/mol. The monoisotopic (exact) mass is 261 g/mol. The van der Waals surface area contributed by atoms with E-state index in [1.54, 1.807) is 0 Å². The number of aryl methyl sites for hydroxylation is 3. The number of imidazole rings is 1. The van der Waals surface area contributed by atoms with Crippen molar-refractivity contribution in [2.24, 2.45) is 0 Å². The minimum absolute atomic E-state index is 0.795. The summed E-state index contributed by atoms with van der Waals surface area (Å²) >= 11 is 0. The number of anilines is 1. The summed E-state index contributed by atoms with van der Waals surface area (Å²) < 4.78 is 2.18. The molecular formula is C14H23N5. The highest BCUT2D eigenvalue weighted by molar-refractivity contribution is 5.83. The lowest BCUT2D eigenvalue weighted by molar-refractivity contribution is 0.669. The van der Waals surface area contributed by atoms with Crippen molar-refractivity contribution >= 4 is 17.0 Å². The predicted molar refractivity (Wildman–Crippen MR) is 78.5 cm³/mol. The Bertz CT molecular complexity index is 558. The Morgan fingerprint density at radius 2 is 1.84 bits per heavy atom. The van der Waals surface area contributed by atoms with Crippen LogP contribution in [0.1, 0.15) is 44.8 Å². The third-order valence-corrected chi connectivity index (χ3v) is 3.17. The number of hydrogen-bond donors (Lipinski definition) is 1. The Morgan fingerprint density at radius 3 is 2.53 bits per heavy atom. The molecule has 0 spiro atoms. The van der Waals surface area contributed by atoms with E-state index in [1.807, 2.05) is 13.8 Å². The van der Waals surface area contributed by atoms with Crippen LogP contribution in [0.3, 0.4) is 0 Å². The molecule has 5 nitrogen and oxygen atoms in total. The second-order valence-corrected chi connectivity index (χ2v) is 4.88. The highest BCUT2D eigenvalue weighted by atomic mass is 15.2. The first-order chi connectivity index (χ1) is 9.17. The van der Waals surface area contributed by atoms with Crippen LogP contribution in [0.25, 0.3) is 11.2 Å². The van der Waals surface area contributed by atoms with Gasteiger partial charge in [0.15, 0.2) is 17.0 Å². The maximum atomic E-state index is 4.63. The topological polar surface area (TPSA) is 55.6 Å². The van der Waals surface area contributed by atoms with Gasteiger partial charge in [0.1, 0.15) is 11.6 Å². The van der Waals surface area contributed by atoms with E-state index in [0.29, 0.717) is 0 Å². The lowest BCUT2D eigenvalue weighted by atomic mass is 10.3. The van der Waals surface area contributed by atoms with Crippen LogP contribution in [0.15, 0.2) is 0 Å². The van der Waals surface area contributed by atoms with Crippen molar-refractivity contribution in [2.45, 2.75) is 53.5 Å². The van der Waals surface area contributed by atoms with Gasteiger partial charge in [-0.3, -0.25) is 0 Å². The van der Waals surface area contributed by atoms with Crippen molar-refractivity contribution in [2.75, 3.05) is 11.9 Å². The number of nitrogens with one attached hydrogen (secondary N) is 1. The Hall–Kier alpha value is -1.65. The first kappa shape index (κ1) is 13.8. The molecule has 0 aromatic carbocycles. The first-order valence-electron chi connectivity index (χ1n) is 7.12. The van der Waals surface area contributed by atoms with Gasteiger partial charge in [0.2, 0.25) is 0 Å². The van der Waals surface area contributed by atoms with E-state index in [0.717, 1.165) is 54.6 Å². The van der Waals surface area contributed by atoms with Crippen LogP contribution in [0.4, 0.5) is 5.82 Å². The van der Waals surface area contributed by atoms with Gasteiger partial charge in [-0.25, -0.2) is 15.0 Å². The largest absolute Gasteiger partial charge is 0.368 e. The molecule has 0 amide bonds. The number of aromatic nitrogens is 4. The van der Waals surface area contributed by atoms with Crippen LogP contribution in [0.2, 0.25) is 0 Å². The Labute approximate surface area is 114 Å². The highest BCUT2D eigenvalue weighted by Crippen LogP contribution is 2.21. The number of fused-ring (bicyclic) bond motifs is 1. The molecule has 2 rings (SSSR count). The number of rotatable bonds is 6. The van der Waals surface area contributed by atoms with Gasteiger partial charge in [0.05, 0.1) is 0 Å². The van der Waals surface area contributed by atoms with Crippen molar-refractivity contribution in [3.8, 4) is 0 Å². The quantitative estimate of drug-likeness (QED) is 0.812. The van der Waals surface area contributed by atoms with Crippen molar-refractivity contribution in [3.63, 3.8) is 0 Å². The molecule has 0 saturated heterocycles. The molecule has 0 unspecified atom stereocenters. The second-order valence-electron chi connectivity index (χ2n) is 4.88. The average molecular weight is 261 g/mol. The van der Waals surface area contributed by atoms with Crippen LogP contribution < -0.4 is 5.32 Å². The summed E-state index contributed by atoms with van der Waals surface area (Å²) in [6.45, 7) is 10.2. The van der Waals surface area contributed by atoms with Gasteiger partial charge in [-0.2, -0.15) is 0 Å². The average Bonchev–Trinajstić information content (AvgIpc) is 2.68. The molecule has 104 valence electrons. The predicted octanol–water partition coefficient (Wildman–Crippen LogP) is 3.07. The summed E-state index contributed by atoms with van der Waals surface area (Å²) in [6, 6.07) is 0. The van der Waals surface area contributed by atoms with Gasteiger partial charge in [0, 0.05) is 13.1 Å². The van der Waals surface area contributed by atoms with Crippen LogP contribution in [-0.2, 0) is 6.54 Å². The molecule has 0 atom stereocenters. The van der Waals surface area contributed by atoms with Crippen molar-refractivity contribution in [1.29, 1.82) is 0 Å². The standard InChI is InChI=1S/C14H23N5/c1-5-7-8-15-13-12-14(17-10(3)16-13)19(9-6-2)11(4)18-12/h5-9H2,1-4H3,(H,15,16,17). The van der Waals surface area contributed by atoms with Crippen LogP contribution in [0, 0.1) is 13.8 Å². The van der Waals surface area contributed by atoms with E-state index in [4.69, 9.17) is 0 Å². The van der Waals surface area contributed by atoms with Crippen molar-refractivity contribution in [1.82, 2.24) is 19.5 Å². The maximum absolute atomic E-state index is 4.63. The smallest absolute Gasteiger partial charge is 0.165 e. The molecule has 2 aromatic heterocycles. The lowest BCUT2D eigenvalue weighted by Gasteiger charge is -2.07. The molecule has 0 saturated carbocycles. The van der Waals surface area contributed by atoms with Crippen molar-refractivity contribution < 1.29 is 0 Å². The van der Waals surface area contributed by atoms with Gasteiger partial charge in [0.25, 0.3) is 0 Å². The van der Waals surface area contributed by atoms with E-state index >= 15 is 0 Å². The Morgan fingerprint density at radius 1 is 1.05 bits per heavy atom. The summed E-state index contributed by atoms with van der Waals surface area (Å²) in [5, 5.41) is 3.39. The summed E-state index contributed by atoms with van der Waals surface area (Å²) in [5.74, 6) is 2.67. The molecule has 0 aliphatic heterocycles. The summed E-state index contributed by atoms with van der Waals surface area (Å²) in [7, 11) is 0. The molecule has 0 fully saturated rings. The zero-order valence-corrected chi connectivity index (χ0v) is 12.3. The number of hydrogen-bond acceptors (Lipinski definition) is 4. The van der Waals surface area contributed by atoms with Gasteiger partial charge < -0.3 is 9.88 Å². The molecule has 19 heavy (non-hydrogen) atoms. The van der Waals surface area contributed by atoms with Gasteiger partial charge in [-0.15, -0.1) is 0 Å². The summed E-state index contributed by atoms with van der Waals surface area (Å²) in [6.07, 6.45) is 3.39. The van der Waals surface area contributed by atoms with E-state index in [1.165, 1.54) is 6.42 Å². The molecule has 0 aliphatic rings. The highest BCUT2D eigenvalue weighted by Gasteiger charge is 2.13. The van der Waals surface area contributed by atoms with Crippen LogP contribution >= 0.6 is 0 Å². The molecule has 2 aromatic rings. The van der Waals surface area contributed by atoms with Gasteiger partial charge in [-0.05, 0) is 26.7 Å². The first-order valence-corrected chi connectivity index (χ1v) is 7.12. The van der Waals surface area contributed by atoms with Crippen LogP contribution in [-0.4, -0.2) is 26.1 Å². The number of nitrogens with zero attached hydrogens (tertiary/aromatic N) is 4. The summed E-state index contributed by atoms with van der Waals surface area (Å²) in [4.78, 5) is 13.7. The minimum Gasteiger partial charge on any atom is -0.368 e. The van der Waals surface area contributed by atoms with Gasteiger partial charge in [-0.1, -0.05) is 20.3 Å². The molecule has 1 N–H and O–H groups in total. The fourth-order valence-electron chi connectivity index (χ4n) is 2.22. The van der Waals surface area contributed by atoms with Crippen molar-refractivity contribution in [3.05, 3.63) is 11.6 Å². The fraction of sp³-hybridized carbons (Fsp3) is 0.643. The fourth-order valence-corrected chi connectivity index (χ4v) is 2.22. The summed E-state index contributed by atoms with van der Waals surface area (Å²) in [5.41, 5.74) is 1.85. The number of unbranched alkanes of at least 4 members (excludes halogenated alkanes) is 1. The van der Waals surface area contributed by atoms with E-state index in [-0.39, 0.29) is 0 Å². The molecule has 5 heteroatoms. The van der Waals surface area contributed by atoms with Crippen LogP contribution in [0.5, 0.6) is 0 Å². The third kappa shape index (κ3) is 2.85. The SMILES string of the molecule is CCCCNc1nc(C)nc2c1nc(C)n2CCC. The molecule has 0 radical (unpaired) electrons. The zero-order valence-electron chi connectivity index (χ0n) is 12.3. The normalized spacial score (nSPS) is 11.2. The lowest BCUT2D eigenvalue weighted by Crippen LogP contribution is -2.06. The Balaban J connectivity index is 2.43. The van der Waals surface area contributed by atoms with Gasteiger partial charge >= 0.3 is 0 Å². The second kappa shape index (κ2) is 5.99. The maximum Gasteiger partial charge on any atom is 0.165 e. The minimum atomic E-state index is 0.795. The van der Waals surface area contributed by atoms with E-state index < -0.39 is 0 Å². The molecule has 2 heterocycles. The Kier molecular flexibility index (Phi) is 4.35. The molecule has 0 aliphatic carbocycles. The van der Waals surface area contributed by atoms with E-state index in [9.17, 15) is 0 Å². The third-order valence-electron chi connectivity index (χ3n) is 3.17. The van der Waals surface area contributed by atoms with E-state index in [2.05, 4.69) is 38.7 Å². The zero-order chi connectivity index (χ0) is 13.8.